The van der Waals surface area contributed by atoms with Crippen molar-refractivity contribution in [3.63, 3.8) is 0 Å². The molecule has 0 saturated carbocycles. The average Bonchev–Trinajstić information content (AvgIpc) is 2.75. The molecule has 0 atom stereocenters. The van der Waals surface area contributed by atoms with E-state index in [0.29, 0.717) is 19.8 Å². The van der Waals surface area contributed by atoms with Crippen molar-refractivity contribution in [2.45, 2.75) is 32.8 Å². The van der Waals surface area contributed by atoms with Crippen molar-refractivity contribution in [2.75, 3.05) is 20.0 Å². The van der Waals surface area contributed by atoms with Crippen molar-refractivity contribution in [2.24, 2.45) is 0 Å². The van der Waals surface area contributed by atoms with E-state index in [1.165, 1.54) is 5.56 Å². The number of hydrogen-bond acceptors (Lipinski definition) is 4. The maximum absolute atomic E-state index is 6.05. The number of para-hydroxylation sites is 1. The first-order valence-corrected chi connectivity index (χ1v) is 10.3. The van der Waals surface area contributed by atoms with Crippen molar-refractivity contribution in [3.05, 3.63) is 90.0 Å². The number of hydrogen-bond donors (Lipinski definition) is 0. The molecule has 0 N–H and O–H groups in total. The van der Waals surface area contributed by atoms with E-state index in [9.17, 15) is 0 Å². The van der Waals surface area contributed by atoms with Crippen LogP contribution in [-0.2, 0) is 21.5 Å². The van der Waals surface area contributed by atoms with Gasteiger partial charge in [0.2, 0.25) is 0 Å². The summed E-state index contributed by atoms with van der Waals surface area (Å²) in [6.07, 6.45) is 0. The smallest absolute Gasteiger partial charge is 0.189 e. The largest absolute Gasteiger partial charge is 0.468 e. The molecule has 0 fully saturated rings. The molecule has 4 heteroatoms. The second-order valence-electron chi connectivity index (χ2n) is 7.72. The second kappa shape index (κ2) is 10.8. The van der Waals surface area contributed by atoms with Gasteiger partial charge < -0.3 is 18.9 Å². The molecule has 3 aromatic carbocycles. The van der Waals surface area contributed by atoms with Crippen molar-refractivity contribution < 1.29 is 18.9 Å². The third-order valence-electron chi connectivity index (χ3n) is 4.76. The van der Waals surface area contributed by atoms with E-state index in [-0.39, 0.29) is 12.2 Å². The molecule has 0 amide bonds. The normalized spacial score (nSPS) is 11.3. The molecule has 0 aromatic heterocycles. The lowest BCUT2D eigenvalue weighted by molar-refractivity contribution is 0.0224. The molecule has 0 aliphatic rings. The monoisotopic (exact) mass is 406 g/mol. The molecule has 3 aromatic rings. The molecular weight excluding hydrogens is 376 g/mol. The van der Waals surface area contributed by atoms with Crippen LogP contribution < -0.4 is 9.47 Å². The van der Waals surface area contributed by atoms with Crippen LogP contribution in [0.4, 0.5) is 0 Å². The predicted octanol–water partition coefficient (Wildman–Crippen LogP) is 6.35. The Balaban J connectivity index is 1.52. The van der Waals surface area contributed by atoms with Crippen LogP contribution in [-0.4, -0.2) is 20.0 Å². The Kier molecular flexibility index (Phi) is 7.89. The van der Waals surface area contributed by atoms with Gasteiger partial charge in [-0.05, 0) is 54.4 Å². The van der Waals surface area contributed by atoms with Crippen LogP contribution in [0, 0.1) is 0 Å². The Morgan fingerprint density at radius 1 is 0.733 bits per heavy atom. The second-order valence-corrected chi connectivity index (χ2v) is 7.72. The van der Waals surface area contributed by atoms with Crippen LogP contribution >= 0.6 is 0 Å². The van der Waals surface area contributed by atoms with Gasteiger partial charge in [-0.25, -0.2) is 0 Å². The standard InChI is InChI=1S/C26H30O4/c1-4-27-20-29-23-15-13-22(14-16-23)26(2,3)19-28-18-21-9-8-12-25(17-21)30-24-10-6-5-7-11-24/h5-17H,4,18-20H2,1-3H3. The fourth-order valence-corrected chi connectivity index (χ4v) is 3.03. The van der Waals surface area contributed by atoms with Gasteiger partial charge in [0.25, 0.3) is 0 Å². The van der Waals surface area contributed by atoms with Crippen LogP contribution in [0.15, 0.2) is 78.9 Å². The zero-order valence-electron chi connectivity index (χ0n) is 18.0. The lowest BCUT2D eigenvalue weighted by Crippen LogP contribution is -2.24. The van der Waals surface area contributed by atoms with Gasteiger partial charge in [-0.1, -0.05) is 56.3 Å². The summed E-state index contributed by atoms with van der Waals surface area (Å²) in [4.78, 5) is 0. The van der Waals surface area contributed by atoms with Crippen LogP contribution in [0.3, 0.4) is 0 Å². The van der Waals surface area contributed by atoms with Gasteiger partial charge in [0.15, 0.2) is 6.79 Å². The Morgan fingerprint density at radius 2 is 1.47 bits per heavy atom. The summed E-state index contributed by atoms with van der Waals surface area (Å²) < 4.78 is 22.7. The molecule has 0 spiro atoms. The molecule has 158 valence electrons. The van der Waals surface area contributed by atoms with Gasteiger partial charge in [0.1, 0.15) is 17.2 Å². The highest BCUT2D eigenvalue weighted by atomic mass is 16.7. The van der Waals surface area contributed by atoms with E-state index in [0.717, 1.165) is 22.8 Å². The van der Waals surface area contributed by atoms with Gasteiger partial charge in [-0.3, -0.25) is 0 Å². The average molecular weight is 407 g/mol. The van der Waals surface area contributed by atoms with Gasteiger partial charge in [-0.2, -0.15) is 0 Å². The maximum atomic E-state index is 6.05. The molecule has 3 rings (SSSR count). The fraction of sp³-hybridized carbons (Fsp3) is 0.308. The molecule has 0 unspecified atom stereocenters. The van der Waals surface area contributed by atoms with Crippen LogP contribution in [0.2, 0.25) is 0 Å². The minimum absolute atomic E-state index is 0.114. The number of ether oxygens (including phenoxy) is 4. The van der Waals surface area contributed by atoms with Crippen molar-refractivity contribution in [1.29, 1.82) is 0 Å². The van der Waals surface area contributed by atoms with Gasteiger partial charge in [0.05, 0.1) is 13.2 Å². The number of benzene rings is 3. The first-order chi connectivity index (χ1) is 14.6. The van der Waals surface area contributed by atoms with Gasteiger partial charge >= 0.3 is 0 Å². The summed E-state index contributed by atoms with van der Waals surface area (Å²) in [6, 6.07) is 25.9. The molecule has 0 aliphatic carbocycles. The highest BCUT2D eigenvalue weighted by Crippen LogP contribution is 2.27. The highest BCUT2D eigenvalue weighted by Gasteiger charge is 2.21. The quantitative estimate of drug-likeness (QED) is 0.275. The van der Waals surface area contributed by atoms with E-state index in [1.807, 2.05) is 67.6 Å². The maximum Gasteiger partial charge on any atom is 0.189 e. The van der Waals surface area contributed by atoms with Crippen molar-refractivity contribution in [1.82, 2.24) is 0 Å². The van der Waals surface area contributed by atoms with Gasteiger partial charge in [-0.15, -0.1) is 0 Å². The minimum Gasteiger partial charge on any atom is -0.468 e. The zero-order valence-corrected chi connectivity index (χ0v) is 18.0. The topological polar surface area (TPSA) is 36.9 Å². The van der Waals surface area contributed by atoms with Crippen LogP contribution in [0.5, 0.6) is 17.2 Å². The first-order valence-electron chi connectivity index (χ1n) is 10.3. The van der Waals surface area contributed by atoms with Gasteiger partial charge in [0, 0.05) is 12.0 Å². The summed E-state index contributed by atoms with van der Waals surface area (Å²) in [6.45, 7) is 8.36. The summed E-state index contributed by atoms with van der Waals surface area (Å²) >= 11 is 0. The fourth-order valence-electron chi connectivity index (χ4n) is 3.03. The first kappa shape index (κ1) is 21.9. The Labute approximate surface area is 179 Å². The zero-order chi connectivity index (χ0) is 21.2. The third kappa shape index (κ3) is 6.61. The van der Waals surface area contributed by atoms with E-state index in [4.69, 9.17) is 18.9 Å². The summed E-state index contributed by atoms with van der Waals surface area (Å²) in [5.41, 5.74) is 2.17. The van der Waals surface area contributed by atoms with Crippen LogP contribution in [0.25, 0.3) is 0 Å². The Morgan fingerprint density at radius 3 is 2.20 bits per heavy atom. The molecule has 4 nitrogen and oxygen atoms in total. The molecule has 30 heavy (non-hydrogen) atoms. The summed E-state index contributed by atoms with van der Waals surface area (Å²) in [5, 5.41) is 0. The van der Waals surface area contributed by atoms with Crippen molar-refractivity contribution >= 4 is 0 Å². The number of rotatable bonds is 11. The lowest BCUT2D eigenvalue weighted by Gasteiger charge is -2.25. The van der Waals surface area contributed by atoms with Crippen LogP contribution in [0.1, 0.15) is 31.9 Å². The van der Waals surface area contributed by atoms with E-state index >= 15 is 0 Å². The summed E-state index contributed by atoms with van der Waals surface area (Å²) in [7, 11) is 0. The highest BCUT2D eigenvalue weighted by molar-refractivity contribution is 5.34. The van der Waals surface area contributed by atoms with E-state index in [2.05, 4.69) is 32.0 Å². The third-order valence-corrected chi connectivity index (χ3v) is 4.76. The molecular formula is C26H30O4. The molecule has 0 bridgehead atoms. The SMILES string of the molecule is CCOCOc1ccc(C(C)(C)COCc2cccc(Oc3ccccc3)c2)cc1. The molecule has 0 heterocycles. The summed E-state index contributed by atoms with van der Waals surface area (Å²) in [5.74, 6) is 2.44. The van der Waals surface area contributed by atoms with Crippen molar-refractivity contribution in [3.8, 4) is 17.2 Å². The molecule has 0 aliphatic heterocycles. The molecule has 0 radical (unpaired) electrons. The lowest BCUT2D eigenvalue weighted by atomic mass is 9.85. The van der Waals surface area contributed by atoms with E-state index < -0.39 is 0 Å². The molecule has 0 saturated heterocycles. The Bertz CT molecular complexity index is 888. The minimum atomic E-state index is -0.114. The predicted molar refractivity (Wildman–Crippen MR) is 119 cm³/mol. The van der Waals surface area contributed by atoms with E-state index in [1.54, 1.807) is 0 Å². The Hall–Kier alpha value is -2.82.